The molecular formula is C23H25ClF3N5O. The number of hydrogen-bond donors (Lipinski definition) is 2. The number of benzene rings is 2. The SMILES string of the molecule is Cc1cc(Cl)cc(C)c1Nc1cc(-c2cccc(OC(F)(F)F)c2)nc(NCCN(C)C)n1. The van der Waals surface area contributed by atoms with Gasteiger partial charge >= 0.3 is 6.36 Å². The molecule has 0 fully saturated rings. The molecule has 0 spiro atoms. The number of hydrogen-bond acceptors (Lipinski definition) is 6. The van der Waals surface area contributed by atoms with Crippen LogP contribution < -0.4 is 15.4 Å². The van der Waals surface area contributed by atoms with Crippen molar-refractivity contribution in [2.75, 3.05) is 37.8 Å². The lowest BCUT2D eigenvalue weighted by atomic mass is 10.1. The Morgan fingerprint density at radius 1 is 1.03 bits per heavy atom. The Labute approximate surface area is 195 Å². The van der Waals surface area contributed by atoms with Crippen LogP contribution in [0.15, 0.2) is 42.5 Å². The molecule has 0 bridgehead atoms. The number of halogens is 4. The van der Waals surface area contributed by atoms with Gasteiger partial charge in [0.2, 0.25) is 5.95 Å². The molecule has 2 N–H and O–H groups in total. The van der Waals surface area contributed by atoms with Gasteiger partial charge in [0.05, 0.1) is 5.69 Å². The molecule has 0 amide bonds. The highest BCUT2D eigenvalue weighted by Crippen LogP contribution is 2.31. The van der Waals surface area contributed by atoms with E-state index in [4.69, 9.17) is 11.6 Å². The van der Waals surface area contributed by atoms with Crippen LogP contribution in [-0.2, 0) is 0 Å². The predicted molar refractivity (Wildman–Crippen MR) is 125 cm³/mol. The smallest absolute Gasteiger partial charge is 0.406 e. The number of nitrogens with one attached hydrogen (secondary N) is 2. The summed E-state index contributed by atoms with van der Waals surface area (Å²) in [5.74, 6) is 0.519. The number of anilines is 3. The number of likely N-dealkylation sites (N-methyl/N-ethyl adjacent to an activating group) is 1. The van der Waals surface area contributed by atoms with Crippen LogP contribution in [0.2, 0.25) is 5.02 Å². The summed E-state index contributed by atoms with van der Waals surface area (Å²) in [5.41, 5.74) is 3.61. The topological polar surface area (TPSA) is 62.3 Å². The van der Waals surface area contributed by atoms with E-state index in [0.717, 1.165) is 23.4 Å². The standard InChI is InChI=1S/C23H25ClF3N5O/c1-14-10-17(24)11-15(2)21(14)30-20-13-19(29-22(31-20)28-8-9-32(3)4)16-6-5-7-18(12-16)33-23(25,26)27/h5-7,10-13H,8-9H2,1-4H3,(H2,28,29,30,31). The quantitative estimate of drug-likeness (QED) is 0.411. The van der Waals surface area contributed by atoms with Gasteiger partial charge in [0.25, 0.3) is 0 Å². The van der Waals surface area contributed by atoms with Crippen molar-refractivity contribution in [3.8, 4) is 17.0 Å². The first kappa shape index (κ1) is 24.6. The van der Waals surface area contributed by atoms with Crippen LogP contribution in [0.1, 0.15) is 11.1 Å². The van der Waals surface area contributed by atoms with Crippen molar-refractivity contribution in [1.82, 2.24) is 14.9 Å². The predicted octanol–water partition coefficient (Wildman–Crippen LogP) is 6.03. The molecule has 0 aliphatic heterocycles. The van der Waals surface area contributed by atoms with E-state index in [0.29, 0.717) is 34.6 Å². The number of aromatic nitrogens is 2. The summed E-state index contributed by atoms with van der Waals surface area (Å²) in [4.78, 5) is 11.0. The molecule has 33 heavy (non-hydrogen) atoms. The number of ether oxygens (including phenoxy) is 1. The highest BCUT2D eigenvalue weighted by atomic mass is 35.5. The van der Waals surface area contributed by atoms with E-state index < -0.39 is 6.36 Å². The lowest BCUT2D eigenvalue weighted by molar-refractivity contribution is -0.274. The van der Waals surface area contributed by atoms with Crippen molar-refractivity contribution in [3.63, 3.8) is 0 Å². The van der Waals surface area contributed by atoms with Gasteiger partial charge in [-0.1, -0.05) is 23.7 Å². The summed E-state index contributed by atoms with van der Waals surface area (Å²) in [6.07, 6.45) is -4.78. The summed E-state index contributed by atoms with van der Waals surface area (Å²) < 4.78 is 42.1. The van der Waals surface area contributed by atoms with Crippen molar-refractivity contribution in [3.05, 3.63) is 58.6 Å². The Balaban J connectivity index is 1.99. The van der Waals surface area contributed by atoms with Gasteiger partial charge in [0.15, 0.2) is 0 Å². The second-order valence-corrected chi connectivity index (χ2v) is 8.24. The van der Waals surface area contributed by atoms with Crippen LogP contribution in [0.25, 0.3) is 11.3 Å². The van der Waals surface area contributed by atoms with Crippen molar-refractivity contribution >= 4 is 29.1 Å². The summed E-state index contributed by atoms with van der Waals surface area (Å²) in [7, 11) is 3.90. The number of aryl methyl sites for hydroxylation is 2. The van der Waals surface area contributed by atoms with E-state index in [1.165, 1.54) is 18.2 Å². The van der Waals surface area contributed by atoms with Crippen molar-refractivity contribution in [2.45, 2.75) is 20.2 Å². The van der Waals surface area contributed by atoms with Gasteiger partial charge in [-0.05, 0) is 63.3 Å². The number of nitrogens with zero attached hydrogens (tertiary/aromatic N) is 3. The molecular weight excluding hydrogens is 455 g/mol. The maximum absolute atomic E-state index is 12.7. The molecule has 2 aromatic carbocycles. The van der Waals surface area contributed by atoms with E-state index in [1.807, 2.05) is 45.0 Å². The Morgan fingerprint density at radius 2 is 1.73 bits per heavy atom. The summed E-state index contributed by atoms with van der Waals surface area (Å²) in [5, 5.41) is 7.10. The number of alkyl halides is 3. The van der Waals surface area contributed by atoms with E-state index in [9.17, 15) is 13.2 Å². The maximum atomic E-state index is 12.7. The summed E-state index contributed by atoms with van der Waals surface area (Å²) in [6.45, 7) is 5.20. The van der Waals surface area contributed by atoms with Crippen LogP contribution in [0.4, 0.5) is 30.6 Å². The first-order valence-electron chi connectivity index (χ1n) is 10.2. The van der Waals surface area contributed by atoms with Crippen molar-refractivity contribution in [1.29, 1.82) is 0 Å². The molecule has 1 aromatic heterocycles. The largest absolute Gasteiger partial charge is 0.573 e. The van der Waals surface area contributed by atoms with Crippen LogP contribution >= 0.6 is 11.6 Å². The van der Waals surface area contributed by atoms with E-state index >= 15 is 0 Å². The van der Waals surface area contributed by atoms with Crippen LogP contribution in [0, 0.1) is 13.8 Å². The molecule has 3 aromatic rings. The number of rotatable bonds is 8. The first-order valence-corrected chi connectivity index (χ1v) is 10.6. The molecule has 0 saturated heterocycles. The molecule has 0 aliphatic carbocycles. The third-order valence-corrected chi connectivity index (χ3v) is 4.90. The average molecular weight is 480 g/mol. The molecule has 0 saturated carbocycles. The van der Waals surface area contributed by atoms with Crippen LogP contribution in [-0.4, -0.2) is 48.4 Å². The summed E-state index contributed by atoms with van der Waals surface area (Å²) >= 11 is 6.14. The fraction of sp³-hybridized carbons (Fsp3) is 0.304. The monoisotopic (exact) mass is 479 g/mol. The van der Waals surface area contributed by atoms with Crippen molar-refractivity contribution in [2.24, 2.45) is 0 Å². The Morgan fingerprint density at radius 3 is 2.36 bits per heavy atom. The minimum Gasteiger partial charge on any atom is -0.406 e. The zero-order valence-electron chi connectivity index (χ0n) is 18.7. The molecule has 0 radical (unpaired) electrons. The van der Waals surface area contributed by atoms with Gasteiger partial charge in [-0.25, -0.2) is 4.98 Å². The van der Waals surface area contributed by atoms with Gasteiger partial charge in [-0.15, -0.1) is 13.2 Å². The van der Waals surface area contributed by atoms with Crippen LogP contribution in [0.3, 0.4) is 0 Å². The maximum Gasteiger partial charge on any atom is 0.573 e. The minimum atomic E-state index is -4.78. The fourth-order valence-electron chi connectivity index (χ4n) is 3.22. The molecule has 10 heteroatoms. The van der Waals surface area contributed by atoms with Crippen LogP contribution in [0.5, 0.6) is 5.75 Å². The highest BCUT2D eigenvalue weighted by molar-refractivity contribution is 6.30. The van der Waals surface area contributed by atoms with E-state index in [2.05, 4.69) is 25.3 Å². The fourth-order valence-corrected chi connectivity index (χ4v) is 3.55. The van der Waals surface area contributed by atoms with E-state index in [1.54, 1.807) is 12.1 Å². The normalized spacial score (nSPS) is 11.5. The van der Waals surface area contributed by atoms with Gasteiger partial charge in [-0.2, -0.15) is 4.98 Å². The molecule has 0 unspecified atom stereocenters. The average Bonchev–Trinajstić information content (AvgIpc) is 2.69. The second-order valence-electron chi connectivity index (χ2n) is 7.81. The van der Waals surface area contributed by atoms with Crippen molar-refractivity contribution < 1.29 is 17.9 Å². The minimum absolute atomic E-state index is 0.320. The zero-order valence-corrected chi connectivity index (χ0v) is 19.5. The van der Waals surface area contributed by atoms with Gasteiger partial charge < -0.3 is 20.3 Å². The van der Waals surface area contributed by atoms with E-state index in [-0.39, 0.29) is 5.75 Å². The first-order chi connectivity index (χ1) is 15.5. The Bertz CT molecular complexity index is 1100. The van der Waals surface area contributed by atoms with Gasteiger partial charge in [0, 0.05) is 35.4 Å². The highest BCUT2D eigenvalue weighted by Gasteiger charge is 2.31. The second kappa shape index (κ2) is 10.3. The molecule has 1 heterocycles. The molecule has 176 valence electrons. The molecule has 6 nitrogen and oxygen atoms in total. The lowest BCUT2D eigenvalue weighted by Gasteiger charge is -2.16. The third kappa shape index (κ3) is 7.23. The summed E-state index contributed by atoms with van der Waals surface area (Å²) in [6, 6.07) is 11.0. The Hall–Kier alpha value is -3.04. The molecule has 3 rings (SSSR count). The zero-order chi connectivity index (χ0) is 24.2. The molecule has 0 atom stereocenters. The molecule has 0 aliphatic rings. The third-order valence-electron chi connectivity index (χ3n) is 4.68. The van der Waals surface area contributed by atoms with Gasteiger partial charge in [0.1, 0.15) is 11.6 Å². The Kier molecular flexibility index (Phi) is 7.65. The lowest BCUT2D eigenvalue weighted by Crippen LogP contribution is -2.21. The van der Waals surface area contributed by atoms with Gasteiger partial charge in [-0.3, -0.25) is 0 Å².